The maximum Gasteiger partial charge on any atom is 0.118 e. The Kier molecular flexibility index (Phi) is 8.51. The lowest BCUT2D eigenvalue weighted by Gasteiger charge is -2.30. The summed E-state index contributed by atoms with van der Waals surface area (Å²) in [6.07, 6.45) is -0.538. The molecule has 1 N–H and O–H groups in total. The molecule has 1 fully saturated rings. The predicted molar refractivity (Wildman–Crippen MR) is 108 cm³/mol. The maximum absolute atomic E-state index is 10.5. The number of aryl methyl sites for hydroxylation is 1. The molecule has 154 valence electrons. The van der Waals surface area contributed by atoms with Gasteiger partial charge in [-0.25, -0.2) is 0 Å². The van der Waals surface area contributed by atoms with Gasteiger partial charge in [0, 0.05) is 32.7 Å². The third-order valence-corrected chi connectivity index (χ3v) is 4.90. The summed E-state index contributed by atoms with van der Waals surface area (Å²) in [7, 11) is 0. The average molecular weight is 389 g/mol. The van der Waals surface area contributed by atoms with Gasteiger partial charge in [0.05, 0.1) is 39.1 Å². The second kappa shape index (κ2) is 11.3. The first-order valence-corrected chi connectivity index (χ1v) is 10.1. The van der Waals surface area contributed by atoms with Gasteiger partial charge in [-0.1, -0.05) is 30.3 Å². The topological polar surface area (TPSA) is 58.3 Å². The molecule has 0 aliphatic carbocycles. The van der Waals surface area contributed by atoms with Crippen LogP contribution in [0.4, 0.5) is 0 Å². The lowest BCUT2D eigenvalue weighted by molar-refractivity contribution is 0.00106. The molecule has 1 aliphatic rings. The normalized spacial score (nSPS) is 16.5. The smallest absolute Gasteiger partial charge is 0.118 e. The van der Waals surface area contributed by atoms with Gasteiger partial charge in [-0.05, 0) is 24.6 Å². The first kappa shape index (κ1) is 21.0. The van der Waals surface area contributed by atoms with E-state index in [-0.39, 0.29) is 0 Å². The second-order valence-electron chi connectivity index (χ2n) is 7.36. The first-order chi connectivity index (χ1) is 13.7. The number of morpholine rings is 1. The maximum atomic E-state index is 10.5. The summed E-state index contributed by atoms with van der Waals surface area (Å²) in [5, 5.41) is 10.5. The minimum Gasteiger partial charge on any atom is -0.465 e. The molecule has 1 aliphatic heterocycles. The van der Waals surface area contributed by atoms with E-state index in [0.29, 0.717) is 26.3 Å². The third kappa shape index (κ3) is 7.37. The molecule has 0 radical (unpaired) electrons. The Labute approximate surface area is 167 Å². The molecule has 1 aromatic heterocycles. The molecule has 1 saturated heterocycles. The van der Waals surface area contributed by atoms with Crippen molar-refractivity contribution in [3.8, 4) is 0 Å². The van der Waals surface area contributed by atoms with E-state index in [4.69, 9.17) is 13.9 Å². The van der Waals surface area contributed by atoms with Crippen LogP contribution in [-0.4, -0.2) is 73.6 Å². The second-order valence-corrected chi connectivity index (χ2v) is 7.36. The standard InChI is InChI=1S/C22H32N2O4/c1-19-7-8-22(28-19)16-24(10-9-23-11-13-26-14-12-23)15-21(25)18-27-17-20-5-3-2-4-6-20/h2-8,21,25H,9-18H2,1H3/t21-/m0/s1. The Balaban J connectivity index is 1.46. The lowest BCUT2D eigenvalue weighted by atomic mass is 10.2. The van der Waals surface area contributed by atoms with Crippen LogP contribution in [0.15, 0.2) is 46.9 Å². The van der Waals surface area contributed by atoms with Crippen LogP contribution < -0.4 is 0 Å². The van der Waals surface area contributed by atoms with Gasteiger partial charge in [-0.2, -0.15) is 0 Å². The molecule has 1 aromatic carbocycles. The summed E-state index contributed by atoms with van der Waals surface area (Å²) in [4.78, 5) is 4.65. The summed E-state index contributed by atoms with van der Waals surface area (Å²) >= 11 is 0. The monoisotopic (exact) mass is 388 g/mol. The van der Waals surface area contributed by atoms with Gasteiger partial charge >= 0.3 is 0 Å². The summed E-state index contributed by atoms with van der Waals surface area (Å²) in [5.41, 5.74) is 1.12. The van der Waals surface area contributed by atoms with E-state index < -0.39 is 6.10 Å². The number of hydrogen-bond donors (Lipinski definition) is 1. The van der Waals surface area contributed by atoms with Crippen LogP contribution in [0.5, 0.6) is 0 Å². The SMILES string of the molecule is Cc1ccc(CN(CCN2CCOCC2)C[C@H](O)COCc2ccccc2)o1. The molecule has 0 bridgehead atoms. The highest BCUT2D eigenvalue weighted by molar-refractivity contribution is 5.13. The number of aliphatic hydroxyl groups is 1. The first-order valence-electron chi connectivity index (χ1n) is 10.1. The lowest BCUT2D eigenvalue weighted by Crippen LogP contribution is -2.43. The Bertz CT molecular complexity index is 670. The fraction of sp³-hybridized carbons (Fsp3) is 0.545. The van der Waals surface area contributed by atoms with E-state index in [1.54, 1.807) is 0 Å². The van der Waals surface area contributed by atoms with Crippen molar-refractivity contribution in [2.24, 2.45) is 0 Å². The number of nitrogens with zero attached hydrogens (tertiary/aromatic N) is 2. The zero-order valence-electron chi connectivity index (χ0n) is 16.8. The van der Waals surface area contributed by atoms with Gasteiger partial charge in [0.2, 0.25) is 0 Å². The number of benzene rings is 1. The van der Waals surface area contributed by atoms with E-state index in [0.717, 1.165) is 56.5 Å². The highest BCUT2D eigenvalue weighted by Gasteiger charge is 2.17. The fourth-order valence-electron chi connectivity index (χ4n) is 3.37. The fourth-order valence-corrected chi connectivity index (χ4v) is 3.37. The van der Waals surface area contributed by atoms with Gasteiger partial charge < -0.3 is 19.0 Å². The molecule has 1 atom stereocenters. The van der Waals surface area contributed by atoms with E-state index in [9.17, 15) is 5.11 Å². The van der Waals surface area contributed by atoms with Gasteiger partial charge in [-0.3, -0.25) is 9.80 Å². The molecule has 28 heavy (non-hydrogen) atoms. The van der Waals surface area contributed by atoms with E-state index in [2.05, 4.69) is 9.80 Å². The quantitative estimate of drug-likeness (QED) is 0.637. The van der Waals surface area contributed by atoms with Gasteiger partial charge in [0.1, 0.15) is 11.5 Å². The van der Waals surface area contributed by atoms with Gasteiger partial charge in [0.25, 0.3) is 0 Å². The van der Waals surface area contributed by atoms with Crippen molar-refractivity contribution in [1.82, 2.24) is 9.80 Å². The number of ether oxygens (including phenoxy) is 2. The number of aliphatic hydroxyl groups excluding tert-OH is 1. The zero-order valence-corrected chi connectivity index (χ0v) is 16.8. The molecule has 2 aromatic rings. The van der Waals surface area contributed by atoms with Crippen molar-refractivity contribution in [1.29, 1.82) is 0 Å². The van der Waals surface area contributed by atoms with Crippen molar-refractivity contribution >= 4 is 0 Å². The van der Waals surface area contributed by atoms with Crippen molar-refractivity contribution in [2.75, 3.05) is 52.5 Å². The summed E-state index contributed by atoms with van der Waals surface area (Å²) in [5.74, 6) is 1.84. The molecule has 6 heteroatoms. The Morgan fingerprint density at radius 3 is 2.64 bits per heavy atom. The molecule has 0 amide bonds. The average Bonchev–Trinajstić information content (AvgIpc) is 3.12. The predicted octanol–water partition coefficient (Wildman–Crippen LogP) is 2.30. The van der Waals surface area contributed by atoms with Crippen LogP contribution in [0.1, 0.15) is 17.1 Å². The zero-order chi connectivity index (χ0) is 19.6. The Hall–Kier alpha value is -1.70. The molecule has 0 unspecified atom stereocenters. The summed E-state index contributed by atoms with van der Waals surface area (Å²) in [6.45, 7) is 9.40. The van der Waals surface area contributed by atoms with Crippen molar-refractivity contribution < 1.29 is 19.0 Å². The number of furan rings is 1. The summed E-state index contributed by atoms with van der Waals surface area (Å²) in [6, 6.07) is 14.0. The van der Waals surface area contributed by atoms with Crippen LogP contribution in [0, 0.1) is 6.92 Å². The van der Waals surface area contributed by atoms with Crippen LogP contribution >= 0.6 is 0 Å². The molecule has 0 saturated carbocycles. The molecular weight excluding hydrogens is 356 g/mol. The van der Waals surface area contributed by atoms with Crippen molar-refractivity contribution in [3.63, 3.8) is 0 Å². The van der Waals surface area contributed by atoms with Crippen LogP contribution in [0.3, 0.4) is 0 Å². The van der Waals surface area contributed by atoms with Crippen molar-refractivity contribution in [3.05, 3.63) is 59.5 Å². The minimum absolute atomic E-state index is 0.320. The van der Waals surface area contributed by atoms with Gasteiger partial charge in [-0.15, -0.1) is 0 Å². The molecular formula is C22H32N2O4. The highest BCUT2D eigenvalue weighted by Crippen LogP contribution is 2.11. The van der Waals surface area contributed by atoms with E-state index in [1.807, 2.05) is 49.4 Å². The van der Waals surface area contributed by atoms with Crippen LogP contribution in [0.25, 0.3) is 0 Å². The highest BCUT2D eigenvalue weighted by atomic mass is 16.5. The number of rotatable bonds is 11. The third-order valence-electron chi connectivity index (χ3n) is 4.90. The molecule has 6 nitrogen and oxygen atoms in total. The summed E-state index contributed by atoms with van der Waals surface area (Å²) < 4.78 is 16.9. The number of hydrogen-bond acceptors (Lipinski definition) is 6. The Morgan fingerprint density at radius 2 is 1.93 bits per heavy atom. The van der Waals surface area contributed by atoms with Crippen LogP contribution in [0.2, 0.25) is 0 Å². The molecule has 2 heterocycles. The molecule has 3 rings (SSSR count). The molecule has 0 spiro atoms. The van der Waals surface area contributed by atoms with Gasteiger partial charge in [0.15, 0.2) is 0 Å². The van der Waals surface area contributed by atoms with Crippen molar-refractivity contribution in [2.45, 2.75) is 26.2 Å². The minimum atomic E-state index is -0.538. The van der Waals surface area contributed by atoms with E-state index in [1.165, 1.54) is 0 Å². The van der Waals surface area contributed by atoms with E-state index >= 15 is 0 Å². The largest absolute Gasteiger partial charge is 0.465 e. The Morgan fingerprint density at radius 1 is 1.14 bits per heavy atom. The van der Waals surface area contributed by atoms with Crippen LogP contribution in [-0.2, 0) is 22.6 Å².